The highest BCUT2D eigenvalue weighted by Crippen LogP contribution is 2.47. The van der Waals surface area contributed by atoms with Crippen LogP contribution in [0.2, 0.25) is 0 Å². The molecule has 1 aromatic carbocycles. The van der Waals surface area contributed by atoms with Gasteiger partial charge in [-0.05, 0) is 43.7 Å². The molecule has 2 fully saturated rings. The number of aryl methyl sites for hydroxylation is 2. The molecule has 0 bridgehead atoms. The van der Waals surface area contributed by atoms with Crippen molar-refractivity contribution in [3.05, 3.63) is 46.6 Å². The number of likely N-dealkylation sites (tertiary alicyclic amines) is 1. The van der Waals surface area contributed by atoms with Crippen molar-refractivity contribution in [1.82, 2.24) is 14.9 Å². The maximum Gasteiger partial charge on any atom is 0.222 e. The van der Waals surface area contributed by atoms with Gasteiger partial charge in [0, 0.05) is 44.0 Å². The van der Waals surface area contributed by atoms with Crippen LogP contribution in [-0.4, -0.2) is 40.4 Å². The molecule has 6 nitrogen and oxygen atoms in total. The van der Waals surface area contributed by atoms with Crippen molar-refractivity contribution in [2.75, 3.05) is 30.3 Å². The highest BCUT2D eigenvalue weighted by atomic mass is 16.2. The molecule has 2 aliphatic heterocycles. The Kier molecular flexibility index (Phi) is 4.45. The molecular weight excluding hydrogens is 362 g/mol. The third-order valence-corrected chi connectivity index (χ3v) is 7.05. The molecule has 0 saturated carbocycles. The standard InChI is InChI=1S/C23H29N5O/c1-14-7-3-4-8-17(14)21-19-13-27(11-16(19)12-28(21)15(2)29)22-18-9-5-6-10-20(18)25-23(24)26-22/h3-4,7-8,16,19,21H,5-6,9-13H2,1-2H3,(H2,24,25,26)/t16-,19-,21+/m1/s1. The number of amides is 1. The van der Waals surface area contributed by atoms with Gasteiger partial charge < -0.3 is 15.5 Å². The largest absolute Gasteiger partial charge is 0.368 e. The molecule has 1 amide bonds. The smallest absolute Gasteiger partial charge is 0.222 e. The minimum atomic E-state index is 0.138. The first-order valence-electron chi connectivity index (χ1n) is 10.8. The number of hydrogen-bond acceptors (Lipinski definition) is 5. The number of benzene rings is 1. The lowest BCUT2D eigenvalue weighted by Crippen LogP contribution is -2.35. The predicted octanol–water partition coefficient (Wildman–Crippen LogP) is 2.90. The zero-order valence-corrected chi connectivity index (χ0v) is 17.3. The van der Waals surface area contributed by atoms with E-state index in [9.17, 15) is 4.79 Å². The van der Waals surface area contributed by atoms with E-state index in [4.69, 9.17) is 5.73 Å². The molecule has 3 aliphatic rings. The second-order valence-corrected chi connectivity index (χ2v) is 8.84. The number of carbonyl (C=O) groups excluding carboxylic acids is 1. The molecule has 1 aliphatic carbocycles. The fraction of sp³-hybridized carbons (Fsp3) is 0.522. The Hall–Kier alpha value is -2.63. The lowest BCUT2D eigenvalue weighted by molar-refractivity contribution is -0.130. The summed E-state index contributed by atoms with van der Waals surface area (Å²) in [6, 6.07) is 8.63. The molecule has 29 heavy (non-hydrogen) atoms. The Morgan fingerprint density at radius 3 is 2.69 bits per heavy atom. The molecule has 0 spiro atoms. The van der Waals surface area contributed by atoms with Gasteiger partial charge in [-0.15, -0.1) is 0 Å². The number of rotatable bonds is 2. The first-order valence-corrected chi connectivity index (χ1v) is 10.8. The van der Waals surface area contributed by atoms with Gasteiger partial charge in [0.2, 0.25) is 11.9 Å². The summed E-state index contributed by atoms with van der Waals surface area (Å²) in [6.07, 6.45) is 4.41. The van der Waals surface area contributed by atoms with Crippen LogP contribution in [0.15, 0.2) is 24.3 Å². The Morgan fingerprint density at radius 2 is 1.90 bits per heavy atom. The van der Waals surface area contributed by atoms with E-state index < -0.39 is 0 Å². The number of anilines is 2. The van der Waals surface area contributed by atoms with E-state index in [0.29, 0.717) is 17.8 Å². The predicted molar refractivity (Wildman–Crippen MR) is 114 cm³/mol. The molecule has 0 radical (unpaired) electrons. The first-order chi connectivity index (χ1) is 14.0. The Morgan fingerprint density at radius 1 is 1.10 bits per heavy atom. The molecule has 2 N–H and O–H groups in total. The summed E-state index contributed by atoms with van der Waals surface area (Å²) in [5.74, 6) is 2.47. The summed E-state index contributed by atoms with van der Waals surface area (Å²) in [6.45, 7) is 6.51. The number of nitrogens with two attached hydrogens (primary N) is 1. The highest BCUT2D eigenvalue weighted by molar-refractivity contribution is 5.74. The number of carbonyl (C=O) groups is 1. The monoisotopic (exact) mass is 391 g/mol. The van der Waals surface area contributed by atoms with Crippen LogP contribution in [0.25, 0.3) is 0 Å². The van der Waals surface area contributed by atoms with E-state index >= 15 is 0 Å². The van der Waals surface area contributed by atoms with Crippen LogP contribution in [-0.2, 0) is 17.6 Å². The van der Waals surface area contributed by atoms with Gasteiger partial charge in [-0.1, -0.05) is 24.3 Å². The molecule has 3 heterocycles. The average Bonchev–Trinajstić information content (AvgIpc) is 3.26. The minimum Gasteiger partial charge on any atom is -0.368 e. The molecule has 1 aromatic heterocycles. The topological polar surface area (TPSA) is 75.4 Å². The molecule has 3 atom stereocenters. The lowest BCUT2D eigenvalue weighted by Gasteiger charge is -2.31. The molecule has 2 aromatic rings. The van der Waals surface area contributed by atoms with Gasteiger partial charge in [0.05, 0.1) is 11.7 Å². The lowest BCUT2D eigenvalue weighted by atomic mass is 9.87. The van der Waals surface area contributed by atoms with Crippen LogP contribution >= 0.6 is 0 Å². The van der Waals surface area contributed by atoms with E-state index in [1.54, 1.807) is 6.92 Å². The van der Waals surface area contributed by atoms with Crippen molar-refractivity contribution in [2.45, 2.75) is 45.6 Å². The number of aromatic nitrogens is 2. The van der Waals surface area contributed by atoms with Crippen LogP contribution in [0.1, 0.15) is 48.2 Å². The Balaban J connectivity index is 1.49. The normalized spacial score (nSPS) is 25.8. The molecule has 152 valence electrons. The summed E-state index contributed by atoms with van der Waals surface area (Å²) >= 11 is 0. The van der Waals surface area contributed by atoms with Gasteiger partial charge in [0.15, 0.2) is 0 Å². The number of nitrogens with zero attached hydrogens (tertiary/aromatic N) is 4. The van der Waals surface area contributed by atoms with Crippen molar-refractivity contribution >= 4 is 17.7 Å². The Labute approximate surface area is 172 Å². The average molecular weight is 392 g/mol. The summed E-state index contributed by atoms with van der Waals surface area (Å²) in [4.78, 5) is 26.1. The van der Waals surface area contributed by atoms with Gasteiger partial charge >= 0.3 is 0 Å². The molecule has 0 unspecified atom stereocenters. The maximum atomic E-state index is 12.4. The van der Waals surface area contributed by atoms with Crippen LogP contribution in [0.3, 0.4) is 0 Å². The maximum absolute atomic E-state index is 12.4. The van der Waals surface area contributed by atoms with E-state index in [-0.39, 0.29) is 11.9 Å². The summed E-state index contributed by atoms with van der Waals surface area (Å²) in [5.41, 5.74) is 11.0. The first kappa shape index (κ1) is 18.4. The van der Waals surface area contributed by atoms with E-state index in [1.165, 1.54) is 29.5 Å². The van der Waals surface area contributed by atoms with E-state index in [0.717, 1.165) is 44.0 Å². The van der Waals surface area contributed by atoms with Crippen molar-refractivity contribution in [1.29, 1.82) is 0 Å². The second-order valence-electron chi connectivity index (χ2n) is 8.84. The number of hydrogen-bond donors (Lipinski definition) is 1. The number of nitrogen functional groups attached to an aromatic ring is 1. The fourth-order valence-corrected chi connectivity index (χ4v) is 5.71. The van der Waals surface area contributed by atoms with E-state index in [2.05, 4.69) is 51.0 Å². The van der Waals surface area contributed by atoms with Gasteiger partial charge in [-0.3, -0.25) is 4.79 Å². The van der Waals surface area contributed by atoms with Crippen LogP contribution < -0.4 is 10.6 Å². The van der Waals surface area contributed by atoms with Crippen LogP contribution in [0.5, 0.6) is 0 Å². The summed E-state index contributed by atoms with van der Waals surface area (Å²) in [7, 11) is 0. The van der Waals surface area contributed by atoms with Gasteiger partial charge in [-0.2, -0.15) is 4.98 Å². The third kappa shape index (κ3) is 3.05. The SMILES string of the molecule is CC(=O)N1C[C@H]2CN(c3nc(N)nc4c3CCCC4)C[C@H]2[C@@H]1c1ccccc1C. The van der Waals surface area contributed by atoms with Crippen LogP contribution in [0, 0.1) is 18.8 Å². The highest BCUT2D eigenvalue weighted by Gasteiger charge is 2.49. The fourth-order valence-electron chi connectivity index (χ4n) is 5.71. The van der Waals surface area contributed by atoms with Gasteiger partial charge in [0.1, 0.15) is 5.82 Å². The third-order valence-electron chi connectivity index (χ3n) is 7.05. The van der Waals surface area contributed by atoms with Crippen molar-refractivity contribution in [2.24, 2.45) is 11.8 Å². The Bertz CT molecular complexity index is 958. The minimum absolute atomic E-state index is 0.138. The summed E-state index contributed by atoms with van der Waals surface area (Å²) < 4.78 is 0. The van der Waals surface area contributed by atoms with Crippen molar-refractivity contribution in [3.63, 3.8) is 0 Å². The van der Waals surface area contributed by atoms with Crippen LogP contribution in [0.4, 0.5) is 11.8 Å². The van der Waals surface area contributed by atoms with Crippen molar-refractivity contribution in [3.8, 4) is 0 Å². The number of fused-ring (bicyclic) bond motifs is 2. The second kappa shape index (κ2) is 7.01. The molecular formula is C23H29N5O. The zero-order valence-electron chi connectivity index (χ0n) is 17.3. The van der Waals surface area contributed by atoms with Gasteiger partial charge in [0.25, 0.3) is 0 Å². The molecule has 6 heteroatoms. The quantitative estimate of drug-likeness (QED) is 0.852. The van der Waals surface area contributed by atoms with E-state index in [1.807, 2.05) is 0 Å². The summed E-state index contributed by atoms with van der Waals surface area (Å²) in [5, 5.41) is 0. The van der Waals surface area contributed by atoms with Crippen molar-refractivity contribution < 1.29 is 4.79 Å². The van der Waals surface area contributed by atoms with Gasteiger partial charge in [-0.25, -0.2) is 4.98 Å². The zero-order chi connectivity index (χ0) is 20.1. The molecule has 2 saturated heterocycles. The molecule has 5 rings (SSSR count).